The Morgan fingerprint density at radius 3 is 1.53 bits per heavy atom. The third-order valence-electron chi connectivity index (χ3n) is 2.05. The lowest BCUT2D eigenvalue weighted by Crippen LogP contribution is -1.68. The maximum atomic E-state index is 5.94. The van der Waals surface area contributed by atoms with Crippen LogP contribution >= 0.6 is 23.2 Å². The summed E-state index contributed by atoms with van der Waals surface area (Å²) in [6.45, 7) is 0. The Morgan fingerprint density at radius 2 is 1.12 bits per heavy atom. The Balaban J connectivity index is 2.28. The molecule has 0 aromatic heterocycles. The molecule has 0 aliphatic rings. The third kappa shape index (κ3) is 3.18. The number of halogens is 2. The number of aliphatic imine (C=N–C) groups is 2. The fraction of sp³-hybridized carbons (Fsp3) is 0. The Hall–Kier alpha value is -1.60. The fourth-order valence-corrected chi connectivity index (χ4v) is 1.57. The van der Waals surface area contributed by atoms with Gasteiger partial charge < -0.3 is 0 Å². The second kappa shape index (κ2) is 5.65. The van der Waals surface area contributed by atoms with Crippen molar-refractivity contribution in [1.29, 1.82) is 0 Å². The minimum Gasteiger partial charge on any atom is -0.186 e. The number of rotatable bonds is 2. The summed E-state index contributed by atoms with van der Waals surface area (Å²) in [5, 5.41) is 1.13. The fourth-order valence-electron chi connectivity index (χ4n) is 1.22. The molecule has 0 aliphatic carbocycles. The van der Waals surface area contributed by atoms with Crippen molar-refractivity contribution in [3.63, 3.8) is 0 Å². The van der Waals surface area contributed by atoms with Crippen molar-refractivity contribution in [2.24, 2.45) is 9.98 Å². The topological polar surface area (TPSA) is 24.7 Å². The molecular formula is C13H8Cl2N2. The van der Waals surface area contributed by atoms with E-state index in [4.69, 9.17) is 23.2 Å². The summed E-state index contributed by atoms with van der Waals surface area (Å²) in [4.78, 5) is 8.07. The van der Waals surface area contributed by atoms with E-state index in [0.717, 1.165) is 0 Å². The van der Waals surface area contributed by atoms with E-state index in [-0.39, 0.29) is 0 Å². The summed E-state index contributed by atoms with van der Waals surface area (Å²) >= 11 is 11.9. The summed E-state index contributed by atoms with van der Waals surface area (Å²) in [5.74, 6) is 0. The van der Waals surface area contributed by atoms with Crippen molar-refractivity contribution in [1.82, 2.24) is 0 Å². The highest BCUT2D eigenvalue weighted by Gasteiger charge is 1.95. The minimum atomic E-state index is 0.564. The van der Waals surface area contributed by atoms with E-state index < -0.39 is 0 Å². The normalized spacial score (nSPS) is 9.53. The lowest BCUT2D eigenvalue weighted by Gasteiger charge is -1.93. The van der Waals surface area contributed by atoms with Crippen LogP contribution < -0.4 is 0 Å². The van der Waals surface area contributed by atoms with Crippen molar-refractivity contribution in [3.05, 3.63) is 58.6 Å². The van der Waals surface area contributed by atoms with E-state index in [2.05, 4.69) is 16.0 Å². The minimum absolute atomic E-state index is 0.564. The molecule has 0 amide bonds. The van der Waals surface area contributed by atoms with Crippen LogP contribution in [0.25, 0.3) is 0 Å². The van der Waals surface area contributed by atoms with Gasteiger partial charge in [-0.3, -0.25) is 0 Å². The van der Waals surface area contributed by atoms with Crippen LogP contribution in [0.3, 0.4) is 0 Å². The summed E-state index contributed by atoms with van der Waals surface area (Å²) < 4.78 is 0. The van der Waals surface area contributed by atoms with Crippen molar-refractivity contribution in [2.75, 3.05) is 0 Å². The zero-order valence-corrected chi connectivity index (χ0v) is 10.3. The summed E-state index contributed by atoms with van der Waals surface area (Å²) in [6.07, 6.45) is 0. The van der Waals surface area contributed by atoms with Gasteiger partial charge >= 0.3 is 0 Å². The smallest absolute Gasteiger partial charge is 0.101 e. The maximum absolute atomic E-state index is 5.94. The molecule has 0 unspecified atom stereocenters. The van der Waals surface area contributed by atoms with Gasteiger partial charge in [-0.25, -0.2) is 0 Å². The van der Waals surface area contributed by atoms with E-state index in [9.17, 15) is 0 Å². The molecule has 0 saturated heterocycles. The Kier molecular flexibility index (Phi) is 3.94. The maximum Gasteiger partial charge on any atom is 0.101 e. The van der Waals surface area contributed by atoms with Gasteiger partial charge in [0.15, 0.2) is 0 Å². The van der Waals surface area contributed by atoms with E-state index in [0.29, 0.717) is 21.4 Å². The SMILES string of the molecule is Clc1ccccc1N=C=Nc1ccccc1Cl. The Bertz CT molecular complexity index is 538. The van der Waals surface area contributed by atoms with Crippen LogP contribution in [-0.2, 0) is 0 Å². The van der Waals surface area contributed by atoms with E-state index >= 15 is 0 Å². The van der Waals surface area contributed by atoms with Crippen LogP contribution in [0.15, 0.2) is 58.5 Å². The average Bonchev–Trinajstić information content (AvgIpc) is 2.34. The quantitative estimate of drug-likeness (QED) is 0.671. The first-order chi connectivity index (χ1) is 8.27. The van der Waals surface area contributed by atoms with Gasteiger partial charge in [0.25, 0.3) is 0 Å². The lowest BCUT2D eigenvalue weighted by molar-refractivity contribution is 1.49. The summed E-state index contributed by atoms with van der Waals surface area (Å²) in [5.41, 5.74) is 1.26. The Labute approximate surface area is 109 Å². The highest BCUT2D eigenvalue weighted by atomic mass is 35.5. The molecule has 0 bridgehead atoms. The number of para-hydroxylation sites is 2. The molecule has 0 N–H and O–H groups in total. The second-order valence-electron chi connectivity index (χ2n) is 3.23. The van der Waals surface area contributed by atoms with E-state index in [1.54, 1.807) is 24.3 Å². The highest BCUT2D eigenvalue weighted by Crippen LogP contribution is 2.24. The largest absolute Gasteiger partial charge is 0.186 e. The molecule has 17 heavy (non-hydrogen) atoms. The van der Waals surface area contributed by atoms with Gasteiger partial charge in [-0.1, -0.05) is 47.5 Å². The van der Waals surface area contributed by atoms with Gasteiger partial charge in [-0.05, 0) is 24.3 Å². The van der Waals surface area contributed by atoms with Crippen LogP contribution in [0.1, 0.15) is 0 Å². The molecule has 4 heteroatoms. The zero-order chi connectivity index (χ0) is 12.1. The molecule has 0 fully saturated rings. The molecule has 2 rings (SSSR count). The predicted molar refractivity (Wildman–Crippen MR) is 72.1 cm³/mol. The molecule has 0 heterocycles. The number of hydrogen-bond donors (Lipinski definition) is 0. The highest BCUT2D eigenvalue weighted by molar-refractivity contribution is 6.33. The molecule has 0 aliphatic heterocycles. The molecule has 0 radical (unpaired) electrons. The lowest BCUT2D eigenvalue weighted by atomic mass is 10.3. The molecular weight excluding hydrogens is 255 g/mol. The van der Waals surface area contributed by atoms with Gasteiger partial charge in [0.2, 0.25) is 0 Å². The van der Waals surface area contributed by atoms with E-state index in [1.165, 1.54) is 0 Å². The monoisotopic (exact) mass is 262 g/mol. The van der Waals surface area contributed by atoms with Crippen LogP contribution in [0, 0.1) is 0 Å². The standard InChI is InChI=1S/C13H8Cl2N2/c14-10-5-1-3-7-12(10)16-9-17-13-8-4-2-6-11(13)15/h1-8H. The average molecular weight is 263 g/mol. The molecule has 0 spiro atoms. The third-order valence-corrected chi connectivity index (χ3v) is 2.69. The first kappa shape index (κ1) is 11.9. The number of nitrogens with zero attached hydrogens (tertiary/aromatic N) is 2. The number of hydrogen-bond acceptors (Lipinski definition) is 2. The van der Waals surface area contributed by atoms with E-state index in [1.807, 2.05) is 24.3 Å². The predicted octanol–water partition coefficient (Wildman–Crippen LogP) is 5.13. The van der Waals surface area contributed by atoms with Gasteiger partial charge in [-0.15, -0.1) is 0 Å². The van der Waals surface area contributed by atoms with Gasteiger partial charge in [0, 0.05) is 0 Å². The molecule has 2 aromatic carbocycles. The summed E-state index contributed by atoms with van der Waals surface area (Å²) in [7, 11) is 0. The van der Waals surface area contributed by atoms with Crippen LogP contribution in [-0.4, -0.2) is 6.01 Å². The summed E-state index contributed by atoms with van der Waals surface area (Å²) in [6, 6.07) is 17.1. The Morgan fingerprint density at radius 1 is 0.706 bits per heavy atom. The van der Waals surface area contributed by atoms with Gasteiger partial charge in [-0.2, -0.15) is 9.98 Å². The molecule has 2 aromatic rings. The van der Waals surface area contributed by atoms with Gasteiger partial charge in [0.1, 0.15) is 6.01 Å². The molecule has 2 nitrogen and oxygen atoms in total. The van der Waals surface area contributed by atoms with Crippen molar-refractivity contribution in [2.45, 2.75) is 0 Å². The first-order valence-electron chi connectivity index (χ1n) is 4.93. The zero-order valence-electron chi connectivity index (χ0n) is 8.77. The van der Waals surface area contributed by atoms with Crippen molar-refractivity contribution in [3.8, 4) is 0 Å². The van der Waals surface area contributed by atoms with Crippen LogP contribution in [0.4, 0.5) is 11.4 Å². The van der Waals surface area contributed by atoms with Crippen molar-refractivity contribution < 1.29 is 0 Å². The molecule has 0 atom stereocenters. The first-order valence-corrected chi connectivity index (χ1v) is 5.68. The number of benzene rings is 2. The van der Waals surface area contributed by atoms with Gasteiger partial charge in [0.05, 0.1) is 21.4 Å². The van der Waals surface area contributed by atoms with Crippen molar-refractivity contribution >= 4 is 40.6 Å². The molecule has 84 valence electrons. The second-order valence-corrected chi connectivity index (χ2v) is 4.04. The molecule has 0 saturated carbocycles. The van der Waals surface area contributed by atoms with Crippen LogP contribution in [0.2, 0.25) is 10.0 Å². The van der Waals surface area contributed by atoms with Crippen LogP contribution in [0.5, 0.6) is 0 Å².